The van der Waals surface area contributed by atoms with Crippen molar-refractivity contribution in [2.24, 2.45) is 0 Å². The van der Waals surface area contributed by atoms with Crippen molar-refractivity contribution in [3.63, 3.8) is 0 Å². The SMILES string of the molecule is CCCC1NC(=O)SC1=O. The van der Waals surface area contributed by atoms with Gasteiger partial charge in [-0.1, -0.05) is 13.3 Å². The molecule has 56 valence electrons. The minimum Gasteiger partial charge on any atom is -0.336 e. The molecule has 1 N–H and O–H groups in total. The number of hydrogen-bond acceptors (Lipinski definition) is 3. The fourth-order valence-electron chi connectivity index (χ4n) is 0.872. The van der Waals surface area contributed by atoms with Gasteiger partial charge in [-0.05, 0) is 6.42 Å². The Hall–Kier alpha value is -0.510. The third kappa shape index (κ3) is 1.50. The van der Waals surface area contributed by atoms with Crippen LogP contribution in [-0.2, 0) is 4.79 Å². The molecule has 4 heteroatoms. The molecule has 1 amide bonds. The van der Waals surface area contributed by atoms with Crippen LogP contribution in [0.4, 0.5) is 4.79 Å². The van der Waals surface area contributed by atoms with Gasteiger partial charge in [-0.25, -0.2) is 0 Å². The summed E-state index contributed by atoms with van der Waals surface area (Å²) in [6.45, 7) is 1.99. The number of hydrogen-bond donors (Lipinski definition) is 1. The maximum Gasteiger partial charge on any atom is 0.287 e. The monoisotopic (exact) mass is 159 g/mol. The van der Waals surface area contributed by atoms with E-state index in [1.54, 1.807) is 0 Å². The average molecular weight is 159 g/mol. The lowest BCUT2D eigenvalue weighted by atomic mass is 10.2. The largest absolute Gasteiger partial charge is 0.336 e. The van der Waals surface area contributed by atoms with E-state index < -0.39 is 0 Å². The highest BCUT2D eigenvalue weighted by molar-refractivity contribution is 8.26. The minimum atomic E-state index is -0.220. The van der Waals surface area contributed by atoms with E-state index in [9.17, 15) is 9.59 Å². The summed E-state index contributed by atoms with van der Waals surface area (Å²) >= 11 is 0.780. The first kappa shape index (κ1) is 7.60. The topological polar surface area (TPSA) is 46.2 Å². The Morgan fingerprint density at radius 2 is 2.30 bits per heavy atom. The standard InChI is InChI=1S/C6H9NO2S/c1-2-3-4-5(8)10-6(9)7-4/h4H,2-3H2,1H3,(H,7,9). The summed E-state index contributed by atoms with van der Waals surface area (Å²) in [5.41, 5.74) is 0. The van der Waals surface area contributed by atoms with E-state index in [1.807, 2.05) is 6.92 Å². The molecule has 1 aliphatic heterocycles. The first-order chi connectivity index (χ1) is 4.74. The van der Waals surface area contributed by atoms with Gasteiger partial charge in [0, 0.05) is 11.8 Å². The van der Waals surface area contributed by atoms with Gasteiger partial charge in [0.05, 0.1) is 6.04 Å². The molecule has 1 heterocycles. The van der Waals surface area contributed by atoms with Gasteiger partial charge in [-0.3, -0.25) is 9.59 Å². The van der Waals surface area contributed by atoms with E-state index in [2.05, 4.69) is 5.32 Å². The average Bonchev–Trinajstić information content (AvgIpc) is 2.13. The Morgan fingerprint density at radius 1 is 1.60 bits per heavy atom. The van der Waals surface area contributed by atoms with Crippen LogP contribution in [-0.4, -0.2) is 16.4 Å². The number of thioether (sulfide) groups is 1. The molecule has 1 rings (SSSR count). The van der Waals surface area contributed by atoms with Crippen LogP contribution >= 0.6 is 11.8 Å². The lowest BCUT2D eigenvalue weighted by Gasteiger charge is -2.02. The van der Waals surface area contributed by atoms with Crippen molar-refractivity contribution in [3.05, 3.63) is 0 Å². The smallest absolute Gasteiger partial charge is 0.287 e. The second-order valence-corrected chi connectivity index (χ2v) is 3.17. The predicted octanol–water partition coefficient (Wildman–Crippen LogP) is 1.14. The second kappa shape index (κ2) is 3.05. The van der Waals surface area contributed by atoms with Crippen molar-refractivity contribution >= 4 is 22.1 Å². The molecule has 1 atom stereocenters. The van der Waals surface area contributed by atoms with Gasteiger partial charge in [0.15, 0.2) is 0 Å². The van der Waals surface area contributed by atoms with Crippen molar-refractivity contribution in [2.45, 2.75) is 25.8 Å². The number of carbonyl (C=O) groups is 2. The summed E-state index contributed by atoms with van der Waals surface area (Å²) in [4.78, 5) is 21.4. The van der Waals surface area contributed by atoms with Crippen molar-refractivity contribution < 1.29 is 9.59 Å². The molecule has 1 aliphatic rings. The summed E-state index contributed by atoms with van der Waals surface area (Å²) < 4.78 is 0. The first-order valence-electron chi connectivity index (χ1n) is 3.26. The molecule has 0 aromatic carbocycles. The highest BCUT2D eigenvalue weighted by atomic mass is 32.2. The number of rotatable bonds is 2. The van der Waals surface area contributed by atoms with Gasteiger partial charge in [0.2, 0.25) is 5.12 Å². The number of amides is 1. The summed E-state index contributed by atoms with van der Waals surface area (Å²) in [5.74, 6) is 0. The predicted molar refractivity (Wildman–Crippen MR) is 39.8 cm³/mol. The number of nitrogens with one attached hydrogen (secondary N) is 1. The molecule has 0 aromatic rings. The van der Waals surface area contributed by atoms with Crippen LogP contribution in [0.5, 0.6) is 0 Å². The van der Waals surface area contributed by atoms with E-state index in [0.29, 0.717) is 0 Å². The highest BCUT2D eigenvalue weighted by Gasteiger charge is 2.29. The molecule has 0 aromatic heterocycles. The van der Waals surface area contributed by atoms with Crippen LogP contribution in [0.2, 0.25) is 0 Å². The summed E-state index contributed by atoms with van der Waals surface area (Å²) in [6, 6.07) is -0.220. The lowest BCUT2D eigenvalue weighted by molar-refractivity contribution is -0.112. The van der Waals surface area contributed by atoms with E-state index in [0.717, 1.165) is 24.6 Å². The zero-order valence-electron chi connectivity index (χ0n) is 5.72. The van der Waals surface area contributed by atoms with Gasteiger partial charge in [0.1, 0.15) is 0 Å². The van der Waals surface area contributed by atoms with Crippen molar-refractivity contribution in [1.29, 1.82) is 0 Å². The van der Waals surface area contributed by atoms with Crippen LogP contribution < -0.4 is 5.32 Å². The molecule has 3 nitrogen and oxygen atoms in total. The van der Waals surface area contributed by atoms with Gasteiger partial charge in [-0.2, -0.15) is 0 Å². The maximum atomic E-state index is 10.9. The summed E-state index contributed by atoms with van der Waals surface area (Å²) in [7, 11) is 0. The van der Waals surface area contributed by atoms with Crippen molar-refractivity contribution in [2.75, 3.05) is 0 Å². The molecule has 1 unspecified atom stereocenters. The molecule has 0 saturated carbocycles. The maximum absolute atomic E-state index is 10.9. The van der Waals surface area contributed by atoms with Gasteiger partial charge in [0.25, 0.3) is 5.24 Å². The van der Waals surface area contributed by atoms with Gasteiger partial charge >= 0.3 is 0 Å². The van der Waals surface area contributed by atoms with Crippen molar-refractivity contribution in [3.8, 4) is 0 Å². The summed E-state index contributed by atoms with van der Waals surface area (Å²) in [5, 5.41) is 2.34. The highest BCUT2D eigenvalue weighted by Crippen LogP contribution is 2.18. The minimum absolute atomic E-state index is 0.0353. The van der Waals surface area contributed by atoms with E-state index in [4.69, 9.17) is 0 Å². The first-order valence-corrected chi connectivity index (χ1v) is 4.08. The molecule has 1 saturated heterocycles. The molecule has 1 fully saturated rings. The zero-order valence-corrected chi connectivity index (χ0v) is 6.53. The molecule has 0 spiro atoms. The third-order valence-electron chi connectivity index (χ3n) is 1.35. The molecule has 0 radical (unpaired) electrons. The van der Waals surface area contributed by atoms with E-state index in [-0.39, 0.29) is 16.4 Å². The van der Waals surface area contributed by atoms with Crippen LogP contribution in [0.1, 0.15) is 19.8 Å². The van der Waals surface area contributed by atoms with Crippen LogP contribution in [0.3, 0.4) is 0 Å². The fraction of sp³-hybridized carbons (Fsp3) is 0.667. The normalized spacial score (nSPS) is 25.1. The zero-order chi connectivity index (χ0) is 7.56. The molecular weight excluding hydrogens is 150 g/mol. The van der Waals surface area contributed by atoms with Gasteiger partial charge in [-0.15, -0.1) is 0 Å². The van der Waals surface area contributed by atoms with Crippen LogP contribution in [0.15, 0.2) is 0 Å². The Morgan fingerprint density at radius 3 is 2.70 bits per heavy atom. The van der Waals surface area contributed by atoms with Gasteiger partial charge < -0.3 is 5.32 Å². The fourth-order valence-corrected chi connectivity index (χ4v) is 1.57. The molecular formula is C6H9NO2S. The Kier molecular flexibility index (Phi) is 2.32. The van der Waals surface area contributed by atoms with Crippen LogP contribution in [0.25, 0.3) is 0 Å². The van der Waals surface area contributed by atoms with Crippen LogP contribution in [0, 0.1) is 0 Å². The molecule has 0 aliphatic carbocycles. The second-order valence-electron chi connectivity index (χ2n) is 2.19. The van der Waals surface area contributed by atoms with E-state index >= 15 is 0 Å². The lowest BCUT2D eigenvalue weighted by Crippen LogP contribution is -2.28. The Balaban J connectivity index is 2.46. The van der Waals surface area contributed by atoms with E-state index in [1.165, 1.54) is 0 Å². The number of carbonyl (C=O) groups excluding carboxylic acids is 2. The third-order valence-corrected chi connectivity index (χ3v) is 2.14. The van der Waals surface area contributed by atoms with Crippen molar-refractivity contribution in [1.82, 2.24) is 5.32 Å². The summed E-state index contributed by atoms with van der Waals surface area (Å²) in [6.07, 6.45) is 1.69. The quantitative estimate of drug-likeness (QED) is 0.657. The molecule has 0 bridgehead atoms. The Labute approximate surface area is 63.6 Å². The molecule has 10 heavy (non-hydrogen) atoms. The Bertz CT molecular complexity index is 169.